The Morgan fingerprint density at radius 3 is 2.81 bits per heavy atom. The van der Waals surface area contributed by atoms with Crippen molar-refractivity contribution in [1.29, 1.82) is 0 Å². The highest BCUT2D eigenvalue weighted by Crippen LogP contribution is 2.19. The number of aromatic nitrogens is 2. The molecule has 3 nitrogen and oxygen atoms in total. The van der Waals surface area contributed by atoms with E-state index in [0.29, 0.717) is 22.0 Å². The Labute approximate surface area is 102 Å². The lowest BCUT2D eigenvalue weighted by atomic mass is 10.1. The van der Waals surface area contributed by atoms with Gasteiger partial charge in [-0.1, -0.05) is 34.3 Å². The van der Waals surface area contributed by atoms with Crippen LogP contribution in [0.15, 0.2) is 24.3 Å². The lowest BCUT2D eigenvalue weighted by molar-refractivity contribution is 0.0996. The zero-order valence-electron chi connectivity index (χ0n) is 8.61. The van der Waals surface area contributed by atoms with Crippen molar-refractivity contribution in [3.05, 3.63) is 45.4 Å². The molecule has 1 aromatic carbocycles. The molecule has 0 aliphatic heterocycles. The van der Waals surface area contributed by atoms with Gasteiger partial charge in [-0.05, 0) is 30.1 Å². The maximum absolute atomic E-state index is 11.9. The fourth-order valence-electron chi connectivity index (χ4n) is 1.38. The Kier molecular flexibility index (Phi) is 3.31. The molecule has 1 aromatic heterocycles. The minimum atomic E-state index is 0.0144. The van der Waals surface area contributed by atoms with Gasteiger partial charge in [0, 0.05) is 11.4 Å². The van der Waals surface area contributed by atoms with E-state index in [9.17, 15) is 4.79 Å². The monoisotopic (exact) mass is 252 g/mol. The molecule has 1 heterocycles. The normalized spacial score (nSPS) is 10.4. The van der Waals surface area contributed by atoms with Crippen molar-refractivity contribution < 1.29 is 4.79 Å². The summed E-state index contributed by atoms with van der Waals surface area (Å²) in [4.78, 5) is 12.5. The van der Waals surface area contributed by atoms with Crippen molar-refractivity contribution in [2.45, 2.75) is 13.3 Å². The predicted molar refractivity (Wildman–Crippen MR) is 64.1 cm³/mol. The number of hydrogen-bond donors (Lipinski definition) is 0. The summed E-state index contributed by atoms with van der Waals surface area (Å²) in [5.41, 5.74) is 1.52. The van der Waals surface area contributed by atoms with E-state index in [-0.39, 0.29) is 5.78 Å². The van der Waals surface area contributed by atoms with Gasteiger partial charge < -0.3 is 0 Å². The van der Waals surface area contributed by atoms with Crippen LogP contribution in [0.1, 0.15) is 20.9 Å². The first-order valence-corrected chi connectivity index (χ1v) is 5.89. The van der Waals surface area contributed by atoms with Gasteiger partial charge in [-0.2, -0.15) is 0 Å². The maximum Gasteiger partial charge on any atom is 0.180 e. The van der Waals surface area contributed by atoms with Gasteiger partial charge in [0.2, 0.25) is 0 Å². The molecule has 0 spiro atoms. The molecule has 0 N–H and O–H groups in total. The van der Waals surface area contributed by atoms with E-state index >= 15 is 0 Å². The molecule has 0 bridgehead atoms. The van der Waals surface area contributed by atoms with Gasteiger partial charge in [0.05, 0.1) is 5.69 Å². The van der Waals surface area contributed by atoms with Crippen LogP contribution in [-0.4, -0.2) is 15.4 Å². The highest BCUT2D eigenvalue weighted by Gasteiger charge is 2.14. The molecule has 0 atom stereocenters. The number of halogens is 1. The van der Waals surface area contributed by atoms with Crippen molar-refractivity contribution >= 4 is 28.9 Å². The van der Waals surface area contributed by atoms with Gasteiger partial charge in [-0.25, -0.2) is 0 Å². The third-order valence-corrected chi connectivity index (χ3v) is 3.45. The predicted octanol–water partition coefficient (Wildman–Crippen LogP) is 2.93. The molecule has 82 valence electrons. The Morgan fingerprint density at radius 2 is 2.19 bits per heavy atom. The second-order valence-electron chi connectivity index (χ2n) is 3.38. The first kappa shape index (κ1) is 11.2. The summed E-state index contributed by atoms with van der Waals surface area (Å²) in [5, 5.41) is 4.43. The number of ketones is 1. The molecule has 0 saturated heterocycles. The van der Waals surface area contributed by atoms with Crippen LogP contribution in [0.25, 0.3) is 0 Å². The second-order valence-corrected chi connectivity index (χ2v) is 4.54. The smallest absolute Gasteiger partial charge is 0.180 e. The van der Waals surface area contributed by atoms with Crippen LogP contribution in [0.3, 0.4) is 0 Å². The van der Waals surface area contributed by atoms with E-state index in [1.807, 2.05) is 18.2 Å². The standard InChI is InChI=1S/C11H9ClN2OS/c1-7-11(16-14-13-7)10(15)6-8-4-2-3-5-9(8)12/h2-5H,6H2,1H3. The van der Waals surface area contributed by atoms with E-state index in [1.165, 1.54) is 0 Å². The van der Waals surface area contributed by atoms with E-state index in [4.69, 9.17) is 11.6 Å². The SMILES string of the molecule is Cc1nnsc1C(=O)Cc1ccccc1Cl. The minimum absolute atomic E-state index is 0.0144. The number of benzene rings is 1. The fraction of sp³-hybridized carbons (Fsp3) is 0.182. The van der Waals surface area contributed by atoms with Crippen LogP contribution < -0.4 is 0 Å². The molecule has 2 aromatic rings. The third kappa shape index (κ3) is 2.28. The highest BCUT2D eigenvalue weighted by molar-refractivity contribution is 7.08. The Hall–Kier alpha value is -1.26. The van der Waals surface area contributed by atoms with Crippen LogP contribution in [0.4, 0.5) is 0 Å². The topological polar surface area (TPSA) is 42.9 Å². The maximum atomic E-state index is 11.9. The van der Waals surface area contributed by atoms with Crippen molar-refractivity contribution in [1.82, 2.24) is 9.59 Å². The van der Waals surface area contributed by atoms with Gasteiger partial charge in [0.15, 0.2) is 5.78 Å². The summed E-state index contributed by atoms with van der Waals surface area (Å²) < 4.78 is 3.74. The molecule has 16 heavy (non-hydrogen) atoms. The van der Waals surface area contributed by atoms with Gasteiger partial charge in [-0.3, -0.25) is 4.79 Å². The average Bonchev–Trinajstić information content (AvgIpc) is 2.68. The van der Waals surface area contributed by atoms with Crippen LogP contribution in [0.5, 0.6) is 0 Å². The molecular weight excluding hydrogens is 244 g/mol. The number of hydrogen-bond acceptors (Lipinski definition) is 4. The first-order chi connectivity index (χ1) is 7.68. The zero-order chi connectivity index (χ0) is 11.5. The Balaban J connectivity index is 2.21. The summed E-state index contributed by atoms with van der Waals surface area (Å²) in [5.74, 6) is 0.0144. The summed E-state index contributed by atoms with van der Waals surface area (Å²) in [6.07, 6.45) is 0.296. The summed E-state index contributed by atoms with van der Waals surface area (Å²) in [6.45, 7) is 1.78. The fourth-order valence-corrected chi connectivity index (χ4v) is 2.18. The highest BCUT2D eigenvalue weighted by atomic mass is 35.5. The molecule has 0 aliphatic rings. The Morgan fingerprint density at radius 1 is 1.44 bits per heavy atom. The number of nitrogens with zero attached hydrogens (tertiary/aromatic N) is 2. The number of rotatable bonds is 3. The third-order valence-electron chi connectivity index (χ3n) is 2.21. The van der Waals surface area contributed by atoms with E-state index < -0.39 is 0 Å². The van der Waals surface area contributed by atoms with Crippen LogP contribution in [-0.2, 0) is 6.42 Å². The van der Waals surface area contributed by atoms with Crippen LogP contribution >= 0.6 is 23.1 Å². The summed E-state index contributed by atoms with van der Waals surface area (Å²) in [7, 11) is 0. The first-order valence-electron chi connectivity index (χ1n) is 4.74. The molecule has 5 heteroatoms. The van der Waals surface area contributed by atoms with E-state index in [1.54, 1.807) is 13.0 Å². The van der Waals surface area contributed by atoms with Crippen LogP contribution in [0, 0.1) is 6.92 Å². The lowest BCUT2D eigenvalue weighted by Crippen LogP contribution is -2.03. The summed E-state index contributed by atoms with van der Waals surface area (Å²) in [6, 6.07) is 7.34. The minimum Gasteiger partial charge on any atom is -0.293 e. The summed E-state index contributed by atoms with van der Waals surface area (Å²) >= 11 is 7.12. The van der Waals surface area contributed by atoms with Crippen molar-refractivity contribution in [3.8, 4) is 0 Å². The largest absolute Gasteiger partial charge is 0.293 e. The second kappa shape index (κ2) is 4.72. The lowest BCUT2D eigenvalue weighted by Gasteiger charge is -2.01. The molecular formula is C11H9ClN2OS. The van der Waals surface area contributed by atoms with E-state index in [0.717, 1.165) is 17.1 Å². The van der Waals surface area contributed by atoms with Gasteiger partial charge in [0.1, 0.15) is 4.88 Å². The van der Waals surface area contributed by atoms with Gasteiger partial charge in [0.25, 0.3) is 0 Å². The van der Waals surface area contributed by atoms with Crippen LogP contribution in [0.2, 0.25) is 5.02 Å². The molecule has 0 radical (unpaired) electrons. The van der Waals surface area contributed by atoms with E-state index in [2.05, 4.69) is 9.59 Å². The van der Waals surface area contributed by atoms with Crippen molar-refractivity contribution in [2.24, 2.45) is 0 Å². The number of carbonyl (C=O) groups is 1. The zero-order valence-corrected chi connectivity index (χ0v) is 10.2. The Bertz CT molecular complexity index is 524. The van der Waals surface area contributed by atoms with Gasteiger partial charge >= 0.3 is 0 Å². The molecule has 2 rings (SSSR count). The molecule has 0 fully saturated rings. The number of aryl methyl sites for hydroxylation is 1. The molecule has 0 amide bonds. The van der Waals surface area contributed by atoms with Crippen molar-refractivity contribution in [2.75, 3.05) is 0 Å². The average molecular weight is 253 g/mol. The molecule has 0 aliphatic carbocycles. The number of carbonyl (C=O) groups excluding carboxylic acids is 1. The van der Waals surface area contributed by atoms with Gasteiger partial charge in [-0.15, -0.1) is 5.10 Å². The van der Waals surface area contributed by atoms with Crippen molar-refractivity contribution in [3.63, 3.8) is 0 Å². The number of Topliss-reactive ketones (excluding diaryl/α,β-unsaturated/α-hetero) is 1. The molecule has 0 unspecified atom stereocenters. The molecule has 0 saturated carbocycles. The quantitative estimate of drug-likeness (QED) is 0.789.